The molecular weight excluding hydrogens is 460 g/mol. The van der Waals surface area contributed by atoms with E-state index in [-0.39, 0.29) is 42.4 Å². The predicted octanol–water partition coefficient (Wildman–Crippen LogP) is 3.76. The number of ether oxygens (including phenoxy) is 1. The van der Waals surface area contributed by atoms with Crippen LogP contribution < -0.4 is 15.4 Å². The Bertz CT molecular complexity index is 756. The van der Waals surface area contributed by atoms with Gasteiger partial charge in [0.2, 0.25) is 0 Å². The summed E-state index contributed by atoms with van der Waals surface area (Å²) in [5.41, 5.74) is 2.62. The van der Waals surface area contributed by atoms with Gasteiger partial charge in [0.05, 0.1) is 26.3 Å². The van der Waals surface area contributed by atoms with Gasteiger partial charge in [-0.05, 0) is 42.7 Å². The first kappa shape index (κ1) is 23.2. The van der Waals surface area contributed by atoms with Crippen LogP contribution in [-0.2, 0) is 13.2 Å². The zero-order valence-electron chi connectivity index (χ0n) is 15.8. The van der Waals surface area contributed by atoms with E-state index in [2.05, 4.69) is 15.6 Å². The molecule has 0 spiro atoms. The first-order chi connectivity index (χ1) is 12.6. The number of guanidine groups is 1. The summed E-state index contributed by atoms with van der Waals surface area (Å²) in [6.07, 6.45) is 0. The van der Waals surface area contributed by atoms with Crippen LogP contribution in [0.2, 0.25) is 0 Å². The average Bonchev–Trinajstić information content (AvgIpc) is 2.66. The smallest absolute Gasteiger partial charge is 0.192 e. The summed E-state index contributed by atoms with van der Waals surface area (Å²) in [6, 6.07) is 12.4. The number of aliphatic hydroxyl groups is 1. The van der Waals surface area contributed by atoms with Crippen LogP contribution in [0, 0.1) is 5.82 Å². The van der Waals surface area contributed by atoms with Gasteiger partial charge in [-0.15, -0.1) is 24.0 Å². The van der Waals surface area contributed by atoms with E-state index in [9.17, 15) is 9.50 Å². The Morgan fingerprint density at radius 3 is 2.52 bits per heavy atom. The minimum absolute atomic E-state index is 0. The Balaban J connectivity index is 0.00000364. The van der Waals surface area contributed by atoms with Crippen LogP contribution >= 0.6 is 24.0 Å². The largest absolute Gasteiger partial charge is 0.494 e. The molecule has 0 bridgehead atoms. The molecule has 0 aromatic heterocycles. The van der Waals surface area contributed by atoms with Crippen LogP contribution in [0.5, 0.6) is 5.75 Å². The van der Waals surface area contributed by atoms with E-state index in [0.29, 0.717) is 19.0 Å². The van der Waals surface area contributed by atoms with Crippen molar-refractivity contribution in [2.45, 2.75) is 33.0 Å². The van der Waals surface area contributed by atoms with Crippen molar-refractivity contribution < 1.29 is 14.2 Å². The lowest BCUT2D eigenvalue weighted by Gasteiger charge is -2.19. The molecule has 3 N–H and O–H groups in total. The van der Waals surface area contributed by atoms with Gasteiger partial charge in [-0.2, -0.15) is 0 Å². The van der Waals surface area contributed by atoms with E-state index >= 15 is 0 Å². The Kier molecular flexibility index (Phi) is 10.1. The SMILES string of the molecule is CCNC(=NCc1ccccc1CO)NC(C)c1ccc(OC)c(F)c1.I. The highest BCUT2D eigenvalue weighted by atomic mass is 127. The van der Waals surface area contributed by atoms with E-state index in [4.69, 9.17) is 4.74 Å². The normalized spacial score (nSPS) is 12.1. The molecule has 0 saturated heterocycles. The molecule has 1 atom stereocenters. The van der Waals surface area contributed by atoms with Crippen LogP contribution in [-0.4, -0.2) is 24.7 Å². The molecule has 0 aliphatic carbocycles. The maximum atomic E-state index is 13.9. The molecule has 0 aliphatic rings. The van der Waals surface area contributed by atoms with Gasteiger partial charge < -0.3 is 20.5 Å². The third kappa shape index (κ3) is 6.66. The van der Waals surface area contributed by atoms with Gasteiger partial charge in [-0.25, -0.2) is 9.38 Å². The van der Waals surface area contributed by atoms with Gasteiger partial charge in [0.1, 0.15) is 0 Å². The van der Waals surface area contributed by atoms with Crippen LogP contribution in [0.4, 0.5) is 4.39 Å². The number of methoxy groups -OCH3 is 1. The average molecular weight is 487 g/mol. The Morgan fingerprint density at radius 2 is 1.93 bits per heavy atom. The number of nitrogens with one attached hydrogen (secondary N) is 2. The van der Waals surface area contributed by atoms with E-state index in [1.54, 1.807) is 6.07 Å². The Hall–Kier alpha value is -1.87. The molecule has 0 saturated carbocycles. The quantitative estimate of drug-likeness (QED) is 0.316. The second-order valence-electron chi connectivity index (χ2n) is 5.88. The summed E-state index contributed by atoms with van der Waals surface area (Å²) in [7, 11) is 1.44. The second-order valence-corrected chi connectivity index (χ2v) is 5.88. The molecule has 0 aliphatic heterocycles. The third-order valence-electron chi connectivity index (χ3n) is 4.07. The van der Waals surface area contributed by atoms with Gasteiger partial charge in [0, 0.05) is 6.54 Å². The molecule has 0 amide bonds. The van der Waals surface area contributed by atoms with Crippen LogP contribution in [0.1, 0.15) is 36.6 Å². The van der Waals surface area contributed by atoms with Crippen molar-refractivity contribution in [1.82, 2.24) is 10.6 Å². The first-order valence-electron chi connectivity index (χ1n) is 8.65. The monoisotopic (exact) mass is 487 g/mol. The molecule has 148 valence electrons. The number of aliphatic hydroxyl groups excluding tert-OH is 1. The Labute approximate surface area is 177 Å². The van der Waals surface area contributed by atoms with Crippen LogP contribution in [0.15, 0.2) is 47.5 Å². The van der Waals surface area contributed by atoms with E-state index < -0.39 is 5.82 Å². The molecule has 0 fully saturated rings. The van der Waals surface area contributed by atoms with Gasteiger partial charge in [0.15, 0.2) is 17.5 Å². The van der Waals surface area contributed by atoms with Crippen molar-refractivity contribution in [1.29, 1.82) is 0 Å². The number of rotatable bonds is 7. The fourth-order valence-corrected chi connectivity index (χ4v) is 2.59. The molecule has 0 radical (unpaired) electrons. The number of aliphatic imine (C=N–C) groups is 1. The topological polar surface area (TPSA) is 65.9 Å². The highest BCUT2D eigenvalue weighted by Gasteiger charge is 2.11. The maximum absolute atomic E-state index is 13.9. The number of benzene rings is 2. The highest BCUT2D eigenvalue weighted by molar-refractivity contribution is 14.0. The lowest BCUT2D eigenvalue weighted by molar-refractivity contribution is 0.280. The van der Waals surface area contributed by atoms with Crippen molar-refractivity contribution in [3.05, 3.63) is 65.0 Å². The van der Waals surface area contributed by atoms with Crippen LogP contribution in [0.25, 0.3) is 0 Å². The predicted molar refractivity (Wildman–Crippen MR) is 117 cm³/mol. The van der Waals surface area contributed by atoms with Crippen molar-refractivity contribution in [2.24, 2.45) is 4.99 Å². The van der Waals surface area contributed by atoms with Crippen molar-refractivity contribution in [3.63, 3.8) is 0 Å². The zero-order valence-corrected chi connectivity index (χ0v) is 18.2. The molecule has 2 aromatic carbocycles. The number of hydrogen-bond acceptors (Lipinski definition) is 3. The van der Waals surface area contributed by atoms with Gasteiger partial charge in [-0.3, -0.25) is 0 Å². The standard InChI is InChI=1S/C20H26FN3O2.HI/c1-4-22-20(23-12-16-7-5-6-8-17(16)13-25)24-14(2)15-9-10-19(26-3)18(21)11-15;/h5-11,14,25H,4,12-13H2,1-3H3,(H2,22,23,24);1H. The first-order valence-corrected chi connectivity index (χ1v) is 8.65. The molecule has 0 heterocycles. The molecule has 1 unspecified atom stereocenters. The molecule has 27 heavy (non-hydrogen) atoms. The van der Waals surface area contributed by atoms with Gasteiger partial charge in [-0.1, -0.05) is 30.3 Å². The van der Waals surface area contributed by atoms with E-state index in [1.165, 1.54) is 13.2 Å². The zero-order chi connectivity index (χ0) is 18.9. The minimum Gasteiger partial charge on any atom is -0.494 e. The summed E-state index contributed by atoms with van der Waals surface area (Å²) < 4.78 is 18.9. The summed E-state index contributed by atoms with van der Waals surface area (Å²) in [6.45, 7) is 5.05. The Morgan fingerprint density at radius 1 is 1.22 bits per heavy atom. The van der Waals surface area contributed by atoms with Crippen molar-refractivity contribution in [2.75, 3.05) is 13.7 Å². The van der Waals surface area contributed by atoms with Crippen molar-refractivity contribution >= 4 is 29.9 Å². The summed E-state index contributed by atoms with van der Waals surface area (Å²) >= 11 is 0. The number of halogens is 2. The summed E-state index contributed by atoms with van der Waals surface area (Å²) in [5, 5.41) is 15.9. The maximum Gasteiger partial charge on any atom is 0.192 e. The lowest BCUT2D eigenvalue weighted by Crippen LogP contribution is -2.38. The highest BCUT2D eigenvalue weighted by Crippen LogP contribution is 2.21. The lowest BCUT2D eigenvalue weighted by atomic mass is 10.1. The number of hydrogen-bond donors (Lipinski definition) is 3. The second kappa shape index (κ2) is 11.8. The fraction of sp³-hybridized carbons (Fsp3) is 0.350. The molecule has 5 nitrogen and oxygen atoms in total. The molecule has 7 heteroatoms. The minimum atomic E-state index is -0.391. The molecule has 2 aromatic rings. The number of nitrogens with zero attached hydrogens (tertiary/aromatic N) is 1. The summed E-state index contributed by atoms with van der Waals surface area (Å²) in [4.78, 5) is 4.58. The van der Waals surface area contributed by atoms with Crippen LogP contribution in [0.3, 0.4) is 0 Å². The van der Waals surface area contributed by atoms with E-state index in [1.807, 2.05) is 44.2 Å². The molecular formula is C20H27FIN3O2. The fourth-order valence-electron chi connectivity index (χ4n) is 2.59. The van der Waals surface area contributed by atoms with E-state index in [0.717, 1.165) is 16.7 Å². The molecule has 2 rings (SSSR count). The van der Waals surface area contributed by atoms with Crippen molar-refractivity contribution in [3.8, 4) is 5.75 Å². The van der Waals surface area contributed by atoms with Gasteiger partial charge in [0.25, 0.3) is 0 Å². The van der Waals surface area contributed by atoms with Gasteiger partial charge >= 0.3 is 0 Å². The summed E-state index contributed by atoms with van der Waals surface area (Å²) in [5.74, 6) is 0.462. The third-order valence-corrected chi connectivity index (χ3v) is 4.07.